The van der Waals surface area contributed by atoms with E-state index in [0.29, 0.717) is 18.0 Å². The monoisotopic (exact) mass is 266 g/mol. The van der Waals surface area contributed by atoms with Gasteiger partial charge in [-0.3, -0.25) is 4.72 Å². The number of furan rings is 1. The Morgan fingerprint density at radius 2 is 1.83 bits per heavy atom. The summed E-state index contributed by atoms with van der Waals surface area (Å²) in [5.41, 5.74) is 0.504. The van der Waals surface area contributed by atoms with E-state index >= 15 is 0 Å². The lowest BCUT2D eigenvalue weighted by Gasteiger charge is -2.04. The number of rotatable bonds is 5. The summed E-state index contributed by atoms with van der Waals surface area (Å²) < 4.78 is 31.7. The molecule has 0 saturated carbocycles. The highest BCUT2D eigenvalue weighted by Crippen LogP contribution is 2.18. The van der Waals surface area contributed by atoms with Gasteiger partial charge in [-0.05, 0) is 31.3 Å². The second-order valence-corrected chi connectivity index (χ2v) is 5.34. The molecule has 1 aromatic carbocycles. The molecule has 1 heterocycles. The van der Waals surface area contributed by atoms with Crippen molar-refractivity contribution in [3.05, 3.63) is 48.2 Å². The summed E-state index contributed by atoms with van der Waals surface area (Å²) in [6.07, 6.45) is 0. The van der Waals surface area contributed by atoms with Crippen LogP contribution in [0.1, 0.15) is 5.76 Å². The van der Waals surface area contributed by atoms with Gasteiger partial charge in [0.05, 0.1) is 6.54 Å². The third-order valence-corrected chi connectivity index (χ3v) is 3.53. The fraction of sp³-hybridized carbons (Fsp3) is 0.167. The minimum absolute atomic E-state index is 0.0865. The molecule has 6 heteroatoms. The van der Waals surface area contributed by atoms with E-state index in [2.05, 4.69) is 10.0 Å². The second kappa shape index (κ2) is 5.24. The van der Waals surface area contributed by atoms with Gasteiger partial charge in [-0.15, -0.1) is 0 Å². The molecule has 2 N–H and O–H groups in total. The smallest absolute Gasteiger partial charge is 0.295 e. The molecular weight excluding hydrogens is 252 g/mol. The van der Waals surface area contributed by atoms with Crippen molar-refractivity contribution in [1.82, 2.24) is 5.32 Å². The van der Waals surface area contributed by atoms with Gasteiger partial charge in [0.2, 0.25) is 5.09 Å². The fourth-order valence-electron chi connectivity index (χ4n) is 1.48. The van der Waals surface area contributed by atoms with Crippen molar-refractivity contribution in [3.63, 3.8) is 0 Å². The second-order valence-electron chi connectivity index (χ2n) is 3.72. The summed E-state index contributed by atoms with van der Waals surface area (Å²) >= 11 is 0. The molecule has 0 bridgehead atoms. The summed E-state index contributed by atoms with van der Waals surface area (Å²) in [6.45, 7) is 0.487. The van der Waals surface area contributed by atoms with Gasteiger partial charge in [-0.1, -0.05) is 18.2 Å². The van der Waals surface area contributed by atoms with Crippen LogP contribution in [-0.2, 0) is 16.6 Å². The molecule has 0 atom stereocenters. The topological polar surface area (TPSA) is 71.3 Å². The standard InChI is InChI=1S/C12H14N2O3S/c1-13-9-11-7-8-12(17-11)18(15,16)14-10-5-3-2-4-6-10/h2-8,13-14H,9H2,1H3. The van der Waals surface area contributed by atoms with E-state index in [1.54, 1.807) is 37.4 Å². The van der Waals surface area contributed by atoms with Gasteiger partial charge in [-0.25, -0.2) is 0 Å². The number of benzene rings is 1. The van der Waals surface area contributed by atoms with Crippen molar-refractivity contribution >= 4 is 15.7 Å². The highest BCUT2D eigenvalue weighted by Gasteiger charge is 2.18. The van der Waals surface area contributed by atoms with Crippen molar-refractivity contribution in [2.45, 2.75) is 11.6 Å². The van der Waals surface area contributed by atoms with E-state index in [9.17, 15) is 8.42 Å². The molecular formula is C12H14N2O3S. The summed E-state index contributed by atoms with van der Waals surface area (Å²) in [5, 5.41) is 2.80. The summed E-state index contributed by atoms with van der Waals surface area (Å²) in [4.78, 5) is 0. The first-order chi connectivity index (χ1) is 8.62. The lowest BCUT2D eigenvalue weighted by Crippen LogP contribution is -2.12. The van der Waals surface area contributed by atoms with Crippen molar-refractivity contribution in [3.8, 4) is 0 Å². The first kappa shape index (κ1) is 12.7. The van der Waals surface area contributed by atoms with Crippen LogP contribution in [0.5, 0.6) is 0 Å². The Morgan fingerprint density at radius 3 is 2.50 bits per heavy atom. The van der Waals surface area contributed by atoms with Gasteiger partial charge in [0.1, 0.15) is 5.76 Å². The zero-order valence-corrected chi connectivity index (χ0v) is 10.7. The van der Waals surface area contributed by atoms with E-state index in [0.717, 1.165) is 0 Å². The van der Waals surface area contributed by atoms with Crippen LogP contribution in [0.4, 0.5) is 5.69 Å². The van der Waals surface area contributed by atoms with Crippen LogP contribution >= 0.6 is 0 Å². The Hall–Kier alpha value is -1.79. The summed E-state index contributed by atoms with van der Waals surface area (Å²) in [7, 11) is -1.89. The van der Waals surface area contributed by atoms with Gasteiger partial charge in [0.25, 0.3) is 10.0 Å². The van der Waals surface area contributed by atoms with Crippen LogP contribution in [-0.4, -0.2) is 15.5 Å². The summed E-state index contributed by atoms with van der Waals surface area (Å²) in [5.74, 6) is 0.575. The number of sulfonamides is 1. The zero-order valence-electron chi connectivity index (χ0n) is 9.88. The van der Waals surface area contributed by atoms with Crippen molar-refractivity contribution in [2.24, 2.45) is 0 Å². The minimum Gasteiger partial charge on any atom is -0.446 e. The molecule has 0 radical (unpaired) electrons. The van der Waals surface area contributed by atoms with Crippen LogP contribution in [0.3, 0.4) is 0 Å². The third-order valence-electron chi connectivity index (χ3n) is 2.28. The van der Waals surface area contributed by atoms with E-state index in [1.165, 1.54) is 6.07 Å². The molecule has 0 aliphatic carbocycles. The molecule has 5 nitrogen and oxygen atoms in total. The van der Waals surface area contributed by atoms with Crippen molar-refractivity contribution in [2.75, 3.05) is 11.8 Å². The van der Waals surface area contributed by atoms with Gasteiger partial charge in [0, 0.05) is 5.69 Å². The van der Waals surface area contributed by atoms with Gasteiger partial charge >= 0.3 is 0 Å². The predicted molar refractivity (Wildman–Crippen MR) is 68.7 cm³/mol. The van der Waals surface area contributed by atoms with E-state index in [1.807, 2.05) is 6.07 Å². The maximum Gasteiger partial charge on any atom is 0.295 e. The average molecular weight is 266 g/mol. The molecule has 0 fully saturated rings. The molecule has 0 spiro atoms. The Balaban J connectivity index is 2.20. The fourth-order valence-corrected chi connectivity index (χ4v) is 2.49. The molecule has 2 aromatic rings. The van der Waals surface area contributed by atoms with Crippen LogP contribution in [0, 0.1) is 0 Å². The van der Waals surface area contributed by atoms with Crippen LogP contribution < -0.4 is 10.0 Å². The van der Waals surface area contributed by atoms with Gasteiger partial charge in [-0.2, -0.15) is 8.42 Å². The largest absolute Gasteiger partial charge is 0.446 e. The van der Waals surface area contributed by atoms with E-state index in [4.69, 9.17) is 4.42 Å². The Bertz CT molecular complexity index is 605. The van der Waals surface area contributed by atoms with E-state index < -0.39 is 10.0 Å². The first-order valence-corrected chi connectivity index (χ1v) is 6.91. The Labute approximate surface area is 106 Å². The number of hydrogen-bond donors (Lipinski definition) is 2. The summed E-state index contributed by atoms with van der Waals surface area (Å²) in [6, 6.07) is 11.8. The van der Waals surface area contributed by atoms with Gasteiger partial charge < -0.3 is 9.73 Å². The van der Waals surface area contributed by atoms with Crippen molar-refractivity contribution in [1.29, 1.82) is 0 Å². The third kappa shape index (κ3) is 2.91. The normalized spacial score (nSPS) is 11.4. The molecule has 1 aromatic heterocycles. The Kier molecular flexibility index (Phi) is 3.69. The molecule has 2 rings (SSSR count). The number of nitrogens with one attached hydrogen (secondary N) is 2. The Morgan fingerprint density at radius 1 is 1.11 bits per heavy atom. The van der Waals surface area contributed by atoms with E-state index in [-0.39, 0.29) is 5.09 Å². The first-order valence-electron chi connectivity index (χ1n) is 5.43. The molecule has 0 aliphatic rings. The number of anilines is 1. The van der Waals surface area contributed by atoms with Crippen LogP contribution in [0.15, 0.2) is 52.0 Å². The maximum atomic E-state index is 12.0. The van der Waals surface area contributed by atoms with Crippen LogP contribution in [0.25, 0.3) is 0 Å². The lowest BCUT2D eigenvalue weighted by atomic mass is 10.3. The lowest BCUT2D eigenvalue weighted by molar-refractivity contribution is 0.408. The van der Waals surface area contributed by atoms with Gasteiger partial charge in [0.15, 0.2) is 0 Å². The molecule has 0 saturated heterocycles. The zero-order chi connectivity index (χ0) is 13.0. The molecule has 96 valence electrons. The maximum absolute atomic E-state index is 12.0. The highest BCUT2D eigenvalue weighted by molar-refractivity contribution is 7.92. The minimum atomic E-state index is -3.66. The predicted octanol–water partition coefficient (Wildman–Crippen LogP) is 1.80. The average Bonchev–Trinajstić information content (AvgIpc) is 2.80. The molecule has 0 aliphatic heterocycles. The highest BCUT2D eigenvalue weighted by atomic mass is 32.2. The number of para-hydroxylation sites is 1. The molecule has 18 heavy (non-hydrogen) atoms. The van der Waals surface area contributed by atoms with Crippen LogP contribution in [0.2, 0.25) is 0 Å². The SMILES string of the molecule is CNCc1ccc(S(=O)(=O)Nc2ccccc2)o1. The quantitative estimate of drug-likeness (QED) is 0.865. The molecule has 0 unspecified atom stereocenters. The molecule has 0 amide bonds. The number of hydrogen-bond acceptors (Lipinski definition) is 4. The van der Waals surface area contributed by atoms with Crippen molar-refractivity contribution < 1.29 is 12.8 Å².